The van der Waals surface area contributed by atoms with Crippen LogP contribution in [0.3, 0.4) is 0 Å². The normalized spacial score (nSPS) is 15.2. The van der Waals surface area contributed by atoms with E-state index < -0.39 is 0 Å². The molecular formula is C20H21N7O. The summed E-state index contributed by atoms with van der Waals surface area (Å²) in [5.41, 5.74) is 4.24. The van der Waals surface area contributed by atoms with E-state index in [2.05, 4.69) is 35.8 Å². The number of aromatic nitrogens is 5. The van der Waals surface area contributed by atoms with E-state index in [0.29, 0.717) is 11.9 Å². The number of rotatable bonds is 6. The highest BCUT2D eigenvalue weighted by atomic mass is 16.2. The van der Waals surface area contributed by atoms with E-state index in [1.54, 1.807) is 12.4 Å². The molecule has 1 aliphatic rings. The lowest BCUT2D eigenvalue weighted by Gasteiger charge is -2.13. The number of fused-ring (bicyclic) bond motifs is 2. The second kappa shape index (κ2) is 6.72. The number of nitrogens with one attached hydrogen (secondary N) is 4. The van der Waals surface area contributed by atoms with Crippen LogP contribution >= 0.6 is 0 Å². The van der Waals surface area contributed by atoms with Crippen LogP contribution < -0.4 is 10.6 Å². The Balaban J connectivity index is 1.41. The van der Waals surface area contributed by atoms with Gasteiger partial charge in [0.15, 0.2) is 5.82 Å². The minimum absolute atomic E-state index is 0.0402. The van der Waals surface area contributed by atoms with Gasteiger partial charge < -0.3 is 15.6 Å². The number of amides is 1. The molecule has 0 saturated heterocycles. The van der Waals surface area contributed by atoms with Gasteiger partial charge >= 0.3 is 0 Å². The third-order valence-electron chi connectivity index (χ3n) is 5.00. The average molecular weight is 375 g/mol. The van der Waals surface area contributed by atoms with Gasteiger partial charge in [0.25, 0.3) is 5.91 Å². The van der Waals surface area contributed by atoms with Gasteiger partial charge in [-0.2, -0.15) is 5.10 Å². The molecule has 4 N–H and O–H groups in total. The standard InChI is InChI=1S/C20H21N7O/c1-11(10-22-13-2-3-13)23-20(28)19-24-16-8-14-15(9-17(16)25-19)26-27-18(14)12-4-6-21-7-5-12/h4-9,11,13,22H,2-3,10H2,1H3,(H,23,28)(H,24,25)(H,26,27)/t11-/m1/s1. The number of imidazole rings is 1. The third kappa shape index (κ3) is 3.22. The molecule has 5 rings (SSSR count). The number of benzene rings is 1. The van der Waals surface area contributed by atoms with Crippen molar-refractivity contribution >= 4 is 27.8 Å². The predicted molar refractivity (Wildman–Crippen MR) is 107 cm³/mol. The second-order valence-electron chi connectivity index (χ2n) is 7.37. The lowest BCUT2D eigenvalue weighted by molar-refractivity contribution is 0.0930. The number of hydrogen-bond donors (Lipinski definition) is 4. The van der Waals surface area contributed by atoms with Gasteiger partial charge in [-0.25, -0.2) is 4.98 Å². The Morgan fingerprint density at radius 3 is 2.86 bits per heavy atom. The molecule has 1 aliphatic carbocycles. The minimum Gasteiger partial charge on any atom is -0.346 e. The molecule has 4 aromatic rings. The topological polar surface area (TPSA) is 111 Å². The van der Waals surface area contributed by atoms with Gasteiger partial charge in [0.2, 0.25) is 0 Å². The summed E-state index contributed by atoms with van der Waals surface area (Å²) in [6.45, 7) is 2.76. The zero-order valence-corrected chi connectivity index (χ0v) is 15.5. The van der Waals surface area contributed by atoms with Crippen LogP contribution in [-0.2, 0) is 0 Å². The van der Waals surface area contributed by atoms with E-state index in [0.717, 1.165) is 39.7 Å². The van der Waals surface area contributed by atoms with Gasteiger partial charge in [-0.3, -0.25) is 14.9 Å². The molecule has 1 atom stereocenters. The Labute approximate surface area is 161 Å². The summed E-state index contributed by atoms with van der Waals surface area (Å²) >= 11 is 0. The molecule has 3 heterocycles. The molecule has 28 heavy (non-hydrogen) atoms. The van der Waals surface area contributed by atoms with Crippen molar-refractivity contribution in [3.8, 4) is 11.3 Å². The van der Waals surface area contributed by atoms with Crippen LogP contribution in [0.15, 0.2) is 36.7 Å². The number of nitrogens with zero attached hydrogens (tertiary/aromatic N) is 3. The Morgan fingerprint density at radius 1 is 1.25 bits per heavy atom. The Hall–Kier alpha value is -3.26. The summed E-state index contributed by atoms with van der Waals surface area (Å²) in [4.78, 5) is 24.2. The van der Waals surface area contributed by atoms with Gasteiger partial charge in [0.05, 0.1) is 16.6 Å². The van der Waals surface area contributed by atoms with Crippen molar-refractivity contribution in [3.05, 3.63) is 42.5 Å². The lowest BCUT2D eigenvalue weighted by Crippen LogP contribution is -2.40. The van der Waals surface area contributed by atoms with Crippen LogP contribution in [0.5, 0.6) is 0 Å². The van der Waals surface area contributed by atoms with E-state index in [1.165, 1.54) is 12.8 Å². The third-order valence-corrected chi connectivity index (χ3v) is 5.00. The molecular weight excluding hydrogens is 354 g/mol. The maximum absolute atomic E-state index is 12.5. The highest BCUT2D eigenvalue weighted by molar-refractivity contribution is 6.02. The Bertz CT molecular complexity index is 1140. The fraction of sp³-hybridized carbons (Fsp3) is 0.300. The molecule has 0 aliphatic heterocycles. The zero-order valence-electron chi connectivity index (χ0n) is 15.5. The maximum Gasteiger partial charge on any atom is 0.287 e. The molecule has 0 bridgehead atoms. The SMILES string of the molecule is C[C@H](CNC1CC1)NC(=O)c1nc2cc3c(-c4ccncc4)n[nH]c3cc2[nH]1. The lowest BCUT2D eigenvalue weighted by atomic mass is 10.1. The summed E-state index contributed by atoms with van der Waals surface area (Å²) in [7, 11) is 0. The number of pyridine rings is 1. The number of hydrogen-bond acceptors (Lipinski definition) is 5. The maximum atomic E-state index is 12.5. The Morgan fingerprint density at radius 2 is 2.07 bits per heavy atom. The fourth-order valence-electron chi connectivity index (χ4n) is 3.33. The van der Waals surface area contributed by atoms with E-state index >= 15 is 0 Å². The van der Waals surface area contributed by atoms with Crippen LogP contribution in [-0.4, -0.2) is 49.7 Å². The van der Waals surface area contributed by atoms with Crippen molar-refractivity contribution in [3.63, 3.8) is 0 Å². The first-order chi connectivity index (χ1) is 13.7. The van der Waals surface area contributed by atoms with E-state index in [1.807, 2.05) is 31.2 Å². The molecule has 3 aromatic heterocycles. The molecule has 142 valence electrons. The molecule has 1 aromatic carbocycles. The number of H-pyrrole nitrogens is 2. The van der Waals surface area contributed by atoms with Crippen LogP contribution in [0.2, 0.25) is 0 Å². The smallest absolute Gasteiger partial charge is 0.287 e. The van der Waals surface area contributed by atoms with Gasteiger partial charge in [0.1, 0.15) is 5.69 Å². The molecule has 0 spiro atoms. The molecule has 1 saturated carbocycles. The number of aromatic amines is 2. The first-order valence-electron chi connectivity index (χ1n) is 9.50. The zero-order chi connectivity index (χ0) is 19.1. The van der Waals surface area contributed by atoms with E-state index in [4.69, 9.17) is 0 Å². The van der Waals surface area contributed by atoms with Gasteiger partial charge in [0, 0.05) is 42.0 Å². The van der Waals surface area contributed by atoms with Crippen molar-refractivity contribution in [2.24, 2.45) is 0 Å². The average Bonchev–Trinajstić information content (AvgIpc) is 3.30. The summed E-state index contributed by atoms with van der Waals surface area (Å²) in [6, 6.07) is 8.38. The molecule has 8 heteroatoms. The van der Waals surface area contributed by atoms with E-state index in [-0.39, 0.29) is 11.9 Å². The highest BCUT2D eigenvalue weighted by Crippen LogP contribution is 2.28. The summed E-state index contributed by atoms with van der Waals surface area (Å²) in [5, 5.41) is 14.8. The quantitative estimate of drug-likeness (QED) is 0.413. The van der Waals surface area contributed by atoms with Gasteiger partial charge in [-0.05, 0) is 44.0 Å². The molecule has 0 unspecified atom stereocenters. The van der Waals surface area contributed by atoms with Crippen molar-refractivity contribution in [2.75, 3.05) is 6.54 Å². The van der Waals surface area contributed by atoms with Crippen molar-refractivity contribution in [2.45, 2.75) is 31.8 Å². The van der Waals surface area contributed by atoms with Crippen molar-refractivity contribution in [1.82, 2.24) is 35.8 Å². The molecule has 1 amide bonds. The van der Waals surface area contributed by atoms with Crippen LogP contribution in [0, 0.1) is 0 Å². The molecule has 8 nitrogen and oxygen atoms in total. The van der Waals surface area contributed by atoms with Crippen molar-refractivity contribution < 1.29 is 4.79 Å². The summed E-state index contributed by atoms with van der Waals surface area (Å²) in [6.07, 6.45) is 5.94. The highest BCUT2D eigenvalue weighted by Gasteiger charge is 2.22. The second-order valence-corrected chi connectivity index (χ2v) is 7.37. The fourth-order valence-corrected chi connectivity index (χ4v) is 3.33. The van der Waals surface area contributed by atoms with Gasteiger partial charge in [-0.1, -0.05) is 0 Å². The largest absolute Gasteiger partial charge is 0.346 e. The minimum atomic E-state index is -0.197. The number of carbonyl (C=O) groups excluding carboxylic acids is 1. The van der Waals surface area contributed by atoms with E-state index in [9.17, 15) is 4.79 Å². The summed E-state index contributed by atoms with van der Waals surface area (Å²) < 4.78 is 0. The van der Waals surface area contributed by atoms with Crippen LogP contribution in [0.25, 0.3) is 33.2 Å². The van der Waals surface area contributed by atoms with Gasteiger partial charge in [-0.15, -0.1) is 0 Å². The first kappa shape index (κ1) is 16.9. The number of carbonyl (C=O) groups is 1. The first-order valence-corrected chi connectivity index (χ1v) is 9.50. The van der Waals surface area contributed by atoms with Crippen molar-refractivity contribution in [1.29, 1.82) is 0 Å². The Kier molecular flexibility index (Phi) is 4.05. The summed E-state index contributed by atoms with van der Waals surface area (Å²) in [5.74, 6) is 0.122. The monoisotopic (exact) mass is 375 g/mol. The van der Waals surface area contributed by atoms with Crippen LogP contribution in [0.1, 0.15) is 30.4 Å². The molecule has 1 fully saturated rings. The van der Waals surface area contributed by atoms with Crippen LogP contribution in [0.4, 0.5) is 0 Å². The predicted octanol–water partition coefficient (Wildman–Crippen LogP) is 2.37. The molecule has 0 radical (unpaired) electrons.